The van der Waals surface area contributed by atoms with E-state index in [1.54, 1.807) is 36.0 Å². The predicted octanol–water partition coefficient (Wildman–Crippen LogP) is 1.30. The van der Waals surface area contributed by atoms with Crippen LogP contribution in [0, 0.1) is 0 Å². The van der Waals surface area contributed by atoms with E-state index in [1.807, 2.05) is 31.1 Å². The Kier molecular flexibility index (Phi) is 10.5. The normalized spacial score (nSPS) is 13.4. The van der Waals surface area contributed by atoms with E-state index in [-0.39, 0.29) is 19.1 Å². The van der Waals surface area contributed by atoms with Crippen molar-refractivity contribution in [2.75, 3.05) is 39.2 Å². The average molecular weight is 485 g/mol. The molecule has 32 heavy (non-hydrogen) atoms. The highest BCUT2D eigenvalue weighted by Crippen LogP contribution is 2.16. The lowest BCUT2D eigenvalue weighted by Gasteiger charge is -2.13. The van der Waals surface area contributed by atoms with E-state index >= 15 is 0 Å². The number of sulfonamides is 1. The van der Waals surface area contributed by atoms with Crippen molar-refractivity contribution in [3.8, 4) is 0 Å². The number of guanidine groups is 1. The number of furan rings is 1. The summed E-state index contributed by atoms with van der Waals surface area (Å²) < 4.78 is 31.4. The highest BCUT2D eigenvalue weighted by molar-refractivity contribution is 7.98. The second kappa shape index (κ2) is 12.9. The van der Waals surface area contributed by atoms with Crippen molar-refractivity contribution in [1.82, 2.24) is 14.9 Å². The zero-order valence-corrected chi connectivity index (χ0v) is 20.2. The molecule has 0 aliphatic carbocycles. The maximum atomic E-state index is 11.6. The molecule has 11 heteroatoms. The van der Waals surface area contributed by atoms with Crippen molar-refractivity contribution in [3.63, 3.8) is 0 Å². The van der Waals surface area contributed by atoms with Crippen LogP contribution < -0.4 is 10.0 Å². The van der Waals surface area contributed by atoms with Gasteiger partial charge in [-0.3, -0.25) is 4.72 Å². The first kappa shape index (κ1) is 26.2. The second-order valence-electron chi connectivity index (χ2n) is 7.57. The molecule has 1 heterocycles. The molecule has 9 nitrogen and oxygen atoms in total. The quantitative estimate of drug-likeness (QED) is 0.202. The Morgan fingerprint density at radius 1 is 1.25 bits per heavy atom. The number of rotatable bonds is 12. The van der Waals surface area contributed by atoms with Gasteiger partial charge in [0.15, 0.2) is 0 Å². The molecule has 1 aromatic carbocycles. The summed E-state index contributed by atoms with van der Waals surface area (Å²) in [5, 5.41) is 22.6. The van der Waals surface area contributed by atoms with Gasteiger partial charge in [-0.1, -0.05) is 24.3 Å². The molecule has 1 atom stereocenters. The van der Waals surface area contributed by atoms with Gasteiger partial charge >= 0.3 is 0 Å². The Balaban J connectivity index is 1.85. The molecule has 1 unspecified atom stereocenters. The molecule has 0 aliphatic heterocycles. The van der Waals surface area contributed by atoms with Crippen LogP contribution in [0.25, 0.3) is 0 Å². The second-order valence-corrected chi connectivity index (χ2v) is 10.4. The predicted molar refractivity (Wildman–Crippen MR) is 128 cm³/mol. The van der Waals surface area contributed by atoms with Gasteiger partial charge in [0.2, 0.25) is 16.0 Å². The summed E-state index contributed by atoms with van der Waals surface area (Å²) in [5.41, 5.74) is 1.28. The molecule has 0 radical (unpaired) electrons. The van der Waals surface area contributed by atoms with E-state index in [4.69, 9.17) is 4.42 Å². The molecule has 0 spiro atoms. The first-order valence-corrected chi connectivity index (χ1v) is 13.1. The van der Waals surface area contributed by atoms with Crippen LogP contribution in [0.15, 0.2) is 45.8 Å². The van der Waals surface area contributed by atoms with Crippen molar-refractivity contribution < 1.29 is 23.0 Å². The fourth-order valence-corrected chi connectivity index (χ4v) is 4.03. The number of nitrogens with zero attached hydrogens (tertiary/aromatic N) is 2. The smallest absolute Gasteiger partial charge is 0.232 e. The van der Waals surface area contributed by atoms with Gasteiger partial charge < -0.3 is 24.8 Å². The Labute approximate surface area is 194 Å². The Bertz CT molecular complexity index is 976. The first-order valence-electron chi connectivity index (χ1n) is 10.1. The highest BCUT2D eigenvalue weighted by Gasteiger charge is 2.11. The van der Waals surface area contributed by atoms with Gasteiger partial charge in [0.05, 0.1) is 37.8 Å². The summed E-state index contributed by atoms with van der Waals surface area (Å²) in [6.07, 6.45) is 0.117. The van der Waals surface area contributed by atoms with E-state index in [0.717, 1.165) is 24.3 Å². The minimum Gasteiger partial charge on any atom is -0.464 e. The number of benzene rings is 1. The summed E-state index contributed by atoms with van der Waals surface area (Å²) >= 11 is 1.65. The fourth-order valence-electron chi connectivity index (χ4n) is 2.79. The highest BCUT2D eigenvalue weighted by atomic mass is 32.2. The SMILES string of the molecule is CN(C)Cc1ccc(CSCCNC(=NCC(O)c2cccc(CO)c2)NS(C)(=O)=O)o1. The van der Waals surface area contributed by atoms with Gasteiger partial charge in [-0.05, 0) is 37.4 Å². The molecule has 178 valence electrons. The monoisotopic (exact) mass is 484 g/mol. The molecule has 4 N–H and O–H groups in total. The summed E-state index contributed by atoms with van der Waals surface area (Å²) in [6.45, 7) is 1.07. The third-order valence-corrected chi connectivity index (χ3v) is 5.74. The van der Waals surface area contributed by atoms with Crippen molar-refractivity contribution in [2.24, 2.45) is 4.99 Å². The number of aliphatic hydroxyl groups is 2. The van der Waals surface area contributed by atoms with E-state index in [9.17, 15) is 18.6 Å². The summed E-state index contributed by atoms with van der Waals surface area (Å²) in [6, 6.07) is 10.8. The minimum atomic E-state index is -3.52. The van der Waals surface area contributed by atoms with Crippen LogP contribution in [-0.4, -0.2) is 68.7 Å². The Morgan fingerprint density at radius 3 is 2.69 bits per heavy atom. The van der Waals surface area contributed by atoms with Gasteiger partial charge in [-0.2, -0.15) is 11.8 Å². The molecule has 0 bridgehead atoms. The molecule has 0 fully saturated rings. The minimum absolute atomic E-state index is 0.0338. The van der Waals surface area contributed by atoms with E-state index < -0.39 is 16.1 Å². The maximum Gasteiger partial charge on any atom is 0.232 e. The molecular weight excluding hydrogens is 452 g/mol. The van der Waals surface area contributed by atoms with Gasteiger partial charge in [-0.25, -0.2) is 13.4 Å². The fraction of sp³-hybridized carbons (Fsp3) is 0.476. The number of hydrogen-bond donors (Lipinski definition) is 4. The molecule has 1 aromatic heterocycles. The van der Waals surface area contributed by atoms with Gasteiger partial charge in [0.1, 0.15) is 11.5 Å². The lowest BCUT2D eigenvalue weighted by atomic mass is 10.1. The van der Waals surface area contributed by atoms with Crippen LogP contribution in [-0.2, 0) is 28.9 Å². The Hall–Kier alpha value is -2.05. The molecular formula is C21H32N4O5S2. The summed E-state index contributed by atoms with van der Waals surface area (Å²) in [4.78, 5) is 6.24. The Morgan fingerprint density at radius 2 is 2.00 bits per heavy atom. The zero-order valence-electron chi connectivity index (χ0n) is 18.6. The lowest BCUT2D eigenvalue weighted by molar-refractivity contribution is 0.186. The van der Waals surface area contributed by atoms with Gasteiger partial charge in [-0.15, -0.1) is 0 Å². The number of nitrogens with one attached hydrogen (secondary N) is 2. The number of aliphatic imine (C=N–C) groups is 1. The largest absolute Gasteiger partial charge is 0.464 e. The lowest BCUT2D eigenvalue weighted by Crippen LogP contribution is -2.41. The van der Waals surface area contributed by atoms with E-state index in [0.29, 0.717) is 29.2 Å². The van der Waals surface area contributed by atoms with Crippen molar-refractivity contribution in [3.05, 3.63) is 59.0 Å². The average Bonchev–Trinajstić information content (AvgIpc) is 3.16. The maximum absolute atomic E-state index is 11.6. The van der Waals surface area contributed by atoms with Crippen molar-refractivity contribution >= 4 is 27.7 Å². The zero-order chi connectivity index (χ0) is 23.6. The van der Waals surface area contributed by atoms with Crippen LogP contribution in [0.1, 0.15) is 28.8 Å². The molecule has 0 aliphatic rings. The topological polar surface area (TPSA) is 127 Å². The molecule has 2 aromatic rings. The number of aliphatic hydroxyl groups excluding tert-OH is 2. The van der Waals surface area contributed by atoms with Crippen molar-refractivity contribution in [1.29, 1.82) is 0 Å². The van der Waals surface area contributed by atoms with Crippen LogP contribution in [0.5, 0.6) is 0 Å². The third kappa shape index (κ3) is 10.0. The van der Waals surface area contributed by atoms with Crippen LogP contribution in [0.4, 0.5) is 0 Å². The van der Waals surface area contributed by atoms with Gasteiger partial charge in [0, 0.05) is 12.3 Å². The van der Waals surface area contributed by atoms with Crippen LogP contribution in [0.3, 0.4) is 0 Å². The van der Waals surface area contributed by atoms with E-state index in [2.05, 4.69) is 15.0 Å². The molecule has 2 rings (SSSR count). The number of thioether (sulfide) groups is 1. The summed E-state index contributed by atoms with van der Waals surface area (Å²) in [5.74, 6) is 3.30. The van der Waals surface area contributed by atoms with Crippen LogP contribution in [0.2, 0.25) is 0 Å². The van der Waals surface area contributed by atoms with Crippen molar-refractivity contribution in [2.45, 2.75) is 25.0 Å². The molecule has 0 saturated heterocycles. The van der Waals surface area contributed by atoms with Crippen LogP contribution >= 0.6 is 11.8 Å². The standard InChI is InChI=1S/C21H32N4O5S2/c1-25(2)13-18-7-8-19(30-18)15-31-10-9-22-21(24-32(3,28)29)23-12-20(27)17-6-4-5-16(11-17)14-26/h4-8,11,20,26-27H,9-10,12-15H2,1-3H3,(H2,22,23,24). The third-order valence-electron chi connectivity index (χ3n) is 4.20. The number of hydrogen-bond acceptors (Lipinski definition) is 8. The summed E-state index contributed by atoms with van der Waals surface area (Å²) in [7, 11) is 0.444. The van der Waals surface area contributed by atoms with Gasteiger partial charge in [0.25, 0.3) is 0 Å². The first-order chi connectivity index (χ1) is 15.2. The van der Waals surface area contributed by atoms with E-state index in [1.165, 1.54) is 0 Å². The molecule has 0 amide bonds. The molecule has 0 saturated carbocycles.